The van der Waals surface area contributed by atoms with Crippen molar-refractivity contribution >= 4 is 45.4 Å². The summed E-state index contributed by atoms with van der Waals surface area (Å²) < 4.78 is 2.18. The third-order valence-corrected chi connectivity index (χ3v) is 8.29. The summed E-state index contributed by atoms with van der Waals surface area (Å²) in [7, 11) is 0. The van der Waals surface area contributed by atoms with E-state index in [0.717, 1.165) is 47.8 Å². The number of aromatic nitrogens is 2. The standard InChI is InChI=1S/C33H28ClN5S/c1-22-8-14-26(17-30(22)34)37-33(40)39(32-29-15-13-25-5-2-3-7-28(25)31(29)32)16-4-6-27-19-36-21-38(27)20-24-11-9-23(18-35)10-12-24/h2-3,5,7-15,17,19,21,32H,4,6,16,20H2,1H3,(H,37,40). The van der Waals surface area contributed by atoms with Crippen LogP contribution >= 0.6 is 23.8 Å². The number of thiocarbonyl (C=S) groups is 1. The topological polar surface area (TPSA) is 56.9 Å². The second kappa shape index (κ2) is 11.1. The monoisotopic (exact) mass is 561 g/mol. The molecule has 0 bridgehead atoms. The Balaban J connectivity index is 1.19. The van der Waals surface area contributed by atoms with Gasteiger partial charge in [-0.15, -0.1) is 0 Å². The van der Waals surface area contributed by atoms with Crippen LogP contribution in [0.2, 0.25) is 5.02 Å². The van der Waals surface area contributed by atoms with E-state index in [1.54, 1.807) is 0 Å². The Bertz CT molecular complexity index is 1750. The fraction of sp³-hybridized carbons (Fsp3) is 0.182. The predicted molar refractivity (Wildman–Crippen MR) is 166 cm³/mol. The molecule has 0 fully saturated rings. The maximum atomic E-state index is 9.08. The van der Waals surface area contributed by atoms with Crippen molar-refractivity contribution in [2.45, 2.75) is 32.4 Å². The van der Waals surface area contributed by atoms with Gasteiger partial charge in [-0.3, -0.25) is 0 Å². The van der Waals surface area contributed by atoms with Gasteiger partial charge in [-0.05, 0) is 89.3 Å². The van der Waals surface area contributed by atoms with Gasteiger partial charge in [0.05, 0.1) is 24.0 Å². The van der Waals surface area contributed by atoms with E-state index >= 15 is 0 Å². The highest BCUT2D eigenvalue weighted by Crippen LogP contribution is 2.50. The molecule has 1 unspecified atom stereocenters. The molecular formula is C33H28ClN5S. The summed E-state index contributed by atoms with van der Waals surface area (Å²) in [5, 5.41) is 16.5. The first-order valence-electron chi connectivity index (χ1n) is 13.3. The van der Waals surface area contributed by atoms with E-state index in [9.17, 15) is 0 Å². The Labute approximate surface area is 244 Å². The fourth-order valence-electron chi connectivity index (χ4n) is 5.33. The van der Waals surface area contributed by atoms with Crippen LogP contribution in [-0.2, 0) is 13.0 Å². The molecule has 1 aromatic heterocycles. The normalized spacial score (nSPS) is 13.5. The van der Waals surface area contributed by atoms with Crippen molar-refractivity contribution in [2.75, 3.05) is 11.9 Å². The minimum atomic E-state index is 0.157. The molecule has 0 saturated carbocycles. The van der Waals surface area contributed by atoms with Crippen molar-refractivity contribution < 1.29 is 0 Å². The van der Waals surface area contributed by atoms with Crippen LogP contribution in [0.3, 0.4) is 0 Å². The largest absolute Gasteiger partial charge is 0.338 e. The zero-order valence-corrected chi connectivity index (χ0v) is 23.7. The molecule has 1 N–H and O–H groups in total. The number of hydrogen-bond donors (Lipinski definition) is 1. The van der Waals surface area contributed by atoms with Crippen LogP contribution in [0.1, 0.15) is 46.0 Å². The average Bonchev–Trinajstić information content (AvgIpc) is 3.54. The van der Waals surface area contributed by atoms with E-state index in [0.29, 0.717) is 10.7 Å². The van der Waals surface area contributed by atoms with Gasteiger partial charge in [0.1, 0.15) is 0 Å². The summed E-state index contributed by atoms with van der Waals surface area (Å²) in [6.45, 7) is 3.51. The lowest BCUT2D eigenvalue weighted by molar-refractivity contribution is 0.397. The maximum Gasteiger partial charge on any atom is 0.174 e. The number of anilines is 1. The van der Waals surface area contributed by atoms with Gasteiger partial charge in [-0.2, -0.15) is 5.26 Å². The van der Waals surface area contributed by atoms with Crippen molar-refractivity contribution in [1.82, 2.24) is 14.5 Å². The van der Waals surface area contributed by atoms with Gasteiger partial charge in [-0.1, -0.05) is 66.2 Å². The molecule has 198 valence electrons. The van der Waals surface area contributed by atoms with Crippen molar-refractivity contribution in [2.24, 2.45) is 0 Å². The summed E-state index contributed by atoms with van der Waals surface area (Å²) in [6, 6.07) is 29.0. The first-order valence-corrected chi connectivity index (χ1v) is 14.1. The van der Waals surface area contributed by atoms with Crippen LogP contribution in [0.25, 0.3) is 10.8 Å². The number of benzene rings is 4. The first-order chi connectivity index (χ1) is 19.5. The quantitative estimate of drug-likeness (QED) is 0.197. The van der Waals surface area contributed by atoms with Crippen LogP contribution in [0.4, 0.5) is 5.69 Å². The highest BCUT2D eigenvalue weighted by Gasteiger charge is 2.40. The van der Waals surface area contributed by atoms with E-state index in [1.807, 2.05) is 61.9 Å². The predicted octanol–water partition coefficient (Wildman–Crippen LogP) is 7.65. The minimum Gasteiger partial charge on any atom is -0.338 e. The van der Waals surface area contributed by atoms with Gasteiger partial charge < -0.3 is 14.8 Å². The van der Waals surface area contributed by atoms with E-state index in [4.69, 9.17) is 29.1 Å². The van der Waals surface area contributed by atoms with Crippen molar-refractivity contribution in [1.29, 1.82) is 5.26 Å². The molecule has 1 aliphatic rings. The third kappa shape index (κ3) is 5.31. The Morgan fingerprint density at radius 2 is 1.93 bits per heavy atom. The first kappa shape index (κ1) is 26.1. The third-order valence-electron chi connectivity index (χ3n) is 7.55. The zero-order valence-electron chi connectivity index (χ0n) is 22.1. The van der Waals surface area contributed by atoms with Gasteiger partial charge in [0.2, 0.25) is 0 Å². The minimum absolute atomic E-state index is 0.157. The van der Waals surface area contributed by atoms with Crippen molar-refractivity contribution in [3.63, 3.8) is 0 Å². The number of hydrogen-bond acceptors (Lipinski definition) is 3. The highest BCUT2D eigenvalue weighted by molar-refractivity contribution is 7.80. The van der Waals surface area contributed by atoms with Crippen LogP contribution in [0.5, 0.6) is 0 Å². The Morgan fingerprint density at radius 3 is 2.73 bits per heavy atom. The van der Waals surface area contributed by atoms with Gasteiger partial charge in [0.25, 0.3) is 0 Å². The molecule has 0 saturated heterocycles. The van der Waals surface area contributed by atoms with Crippen molar-refractivity contribution in [3.05, 3.63) is 130 Å². The lowest BCUT2D eigenvalue weighted by atomic mass is 10.1. The second-order valence-corrected chi connectivity index (χ2v) is 11.0. The van der Waals surface area contributed by atoms with E-state index < -0.39 is 0 Å². The van der Waals surface area contributed by atoms with Crippen molar-refractivity contribution in [3.8, 4) is 6.07 Å². The molecule has 7 heteroatoms. The number of aryl methyl sites for hydroxylation is 2. The number of imidazole rings is 1. The van der Waals surface area contributed by atoms with Gasteiger partial charge in [0, 0.05) is 35.7 Å². The van der Waals surface area contributed by atoms with E-state index in [-0.39, 0.29) is 6.04 Å². The van der Waals surface area contributed by atoms with Gasteiger partial charge >= 0.3 is 0 Å². The highest BCUT2D eigenvalue weighted by atomic mass is 35.5. The maximum absolute atomic E-state index is 9.08. The SMILES string of the molecule is Cc1ccc(NC(=S)N(CCCc2cncn2Cc2ccc(C#N)cc2)C2c3ccc4ccccc4c32)cc1Cl. The number of nitrogens with one attached hydrogen (secondary N) is 1. The molecule has 4 aromatic carbocycles. The summed E-state index contributed by atoms with van der Waals surface area (Å²) in [5.74, 6) is 0. The number of fused-ring (bicyclic) bond motifs is 3. The lowest BCUT2D eigenvalue weighted by Crippen LogP contribution is -2.35. The molecule has 1 aliphatic carbocycles. The molecule has 40 heavy (non-hydrogen) atoms. The van der Waals surface area contributed by atoms with Crippen LogP contribution in [0.15, 0.2) is 91.4 Å². The summed E-state index contributed by atoms with van der Waals surface area (Å²) in [5.41, 5.74) is 7.59. The number of nitrogens with zero attached hydrogens (tertiary/aromatic N) is 4. The molecule has 0 amide bonds. The molecule has 0 radical (unpaired) electrons. The summed E-state index contributed by atoms with van der Waals surface area (Å²) in [4.78, 5) is 6.72. The molecule has 5 aromatic rings. The molecule has 0 aliphatic heterocycles. The molecule has 1 atom stereocenters. The number of rotatable bonds is 8. The average molecular weight is 562 g/mol. The zero-order chi connectivity index (χ0) is 27.6. The molecule has 1 heterocycles. The summed E-state index contributed by atoms with van der Waals surface area (Å²) in [6.07, 6.45) is 5.60. The number of halogens is 1. The van der Waals surface area contributed by atoms with Crippen LogP contribution < -0.4 is 5.32 Å². The molecule has 0 spiro atoms. The summed E-state index contributed by atoms with van der Waals surface area (Å²) >= 11 is 12.4. The Morgan fingerprint density at radius 1 is 1.10 bits per heavy atom. The van der Waals surface area contributed by atoms with E-state index in [1.165, 1.54) is 27.6 Å². The fourth-order valence-corrected chi connectivity index (χ4v) is 5.82. The number of nitriles is 1. The lowest BCUT2D eigenvalue weighted by Gasteiger charge is -2.26. The van der Waals surface area contributed by atoms with Crippen LogP contribution in [-0.4, -0.2) is 26.1 Å². The molecule has 5 nitrogen and oxygen atoms in total. The molecular weight excluding hydrogens is 534 g/mol. The molecule has 6 rings (SSSR count). The Kier molecular flexibility index (Phi) is 7.25. The van der Waals surface area contributed by atoms with Gasteiger partial charge in [0.15, 0.2) is 5.11 Å². The Hall–Kier alpha value is -4.18. The smallest absolute Gasteiger partial charge is 0.174 e. The second-order valence-electron chi connectivity index (χ2n) is 10.2. The van der Waals surface area contributed by atoms with Crippen LogP contribution in [0, 0.1) is 18.3 Å². The van der Waals surface area contributed by atoms with E-state index in [2.05, 4.69) is 62.2 Å². The van der Waals surface area contributed by atoms with Gasteiger partial charge in [-0.25, -0.2) is 4.98 Å².